The van der Waals surface area contributed by atoms with Crippen molar-refractivity contribution in [3.8, 4) is 22.6 Å². The van der Waals surface area contributed by atoms with E-state index >= 15 is 0 Å². The van der Waals surface area contributed by atoms with E-state index in [2.05, 4.69) is 39.6 Å². The summed E-state index contributed by atoms with van der Waals surface area (Å²) in [6.45, 7) is 0. The van der Waals surface area contributed by atoms with Crippen molar-refractivity contribution in [1.29, 1.82) is 0 Å². The Hall–Kier alpha value is -1.75. The Morgan fingerprint density at radius 3 is 1.59 bits per heavy atom. The number of hydrogen-bond donors (Lipinski definition) is 0. The van der Waals surface area contributed by atoms with Crippen molar-refractivity contribution < 1.29 is 26.7 Å². The molecule has 2 aliphatic carbocycles. The number of ether oxygens (including phenoxy) is 2. The van der Waals surface area contributed by atoms with Crippen molar-refractivity contribution in [3.05, 3.63) is 41.5 Å². The molecule has 0 spiro atoms. The summed E-state index contributed by atoms with van der Waals surface area (Å²) in [7, 11) is 0.716. The lowest BCUT2D eigenvalue weighted by Gasteiger charge is -2.34. The Bertz CT molecular complexity index is 919. The van der Waals surface area contributed by atoms with Crippen LogP contribution in [0.4, 0.5) is 17.3 Å². The summed E-state index contributed by atoms with van der Waals surface area (Å²) in [4.78, 5) is 0. The molecule has 0 heterocycles. The second-order valence-corrected chi connectivity index (χ2v) is 9.79. The van der Waals surface area contributed by atoms with Crippen LogP contribution in [0.15, 0.2) is 30.3 Å². The van der Waals surface area contributed by atoms with Gasteiger partial charge in [-0.15, -0.1) is 9.24 Å². The van der Waals surface area contributed by atoms with Crippen molar-refractivity contribution >= 4 is 21.8 Å². The normalized spacial score (nSPS) is 17.6. The Balaban J connectivity index is 0.000000588. The highest BCUT2D eigenvalue weighted by atomic mass is 31.0. The molecule has 4 rings (SSSR count). The molecule has 0 radical (unpaired) electrons. The molecule has 2 saturated carbocycles. The monoisotopic (exact) mass is 497 g/mol. The van der Waals surface area contributed by atoms with Gasteiger partial charge in [-0.25, -0.2) is 0 Å². The molecule has 1 atom stereocenters. The molecule has 2 aromatic carbocycles. The first-order valence-corrected chi connectivity index (χ1v) is 12.8. The van der Waals surface area contributed by atoms with E-state index in [0.717, 1.165) is 17.1 Å². The zero-order valence-electron chi connectivity index (χ0n) is 20.1. The molecule has 2 fully saturated rings. The van der Waals surface area contributed by atoms with E-state index in [1.807, 2.05) is 7.11 Å². The van der Waals surface area contributed by atoms with Crippen LogP contribution in [0.2, 0.25) is 0 Å². The van der Waals surface area contributed by atoms with Gasteiger partial charge in [0.1, 0.15) is 11.5 Å². The fourth-order valence-electron chi connectivity index (χ4n) is 5.68. The molecule has 0 aliphatic heterocycles. The molecule has 1 unspecified atom stereocenters. The van der Waals surface area contributed by atoms with E-state index in [-0.39, 0.29) is 0 Å². The van der Waals surface area contributed by atoms with Gasteiger partial charge in [0.25, 0.3) is 0 Å². The van der Waals surface area contributed by atoms with Crippen LogP contribution in [-0.4, -0.2) is 21.5 Å². The van der Waals surface area contributed by atoms with E-state index in [9.17, 15) is 17.3 Å². The minimum atomic E-state index is -6.00. The number of benzene rings is 2. The van der Waals surface area contributed by atoms with E-state index in [1.165, 1.54) is 86.2 Å². The summed E-state index contributed by atoms with van der Waals surface area (Å²) < 4.78 is 51.3. The Morgan fingerprint density at radius 1 is 0.706 bits per heavy atom. The highest BCUT2D eigenvalue weighted by Crippen LogP contribution is 2.51. The van der Waals surface area contributed by atoms with Crippen LogP contribution >= 0.6 is 9.24 Å². The summed E-state index contributed by atoms with van der Waals surface area (Å²) in [5, 5.41) is 1.26. The molecule has 0 amide bonds. The first kappa shape index (κ1) is 26.9. The van der Waals surface area contributed by atoms with Crippen LogP contribution in [0.3, 0.4) is 0 Å². The van der Waals surface area contributed by atoms with E-state index in [1.54, 1.807) is 7.11 Å². The van der Waals surface area contributed by atoms with Crippen molar-refractivity contribution in [2.24, 2.45) is 0 Å². The summed E-state index contributed by atoms with van der Waals surface area (Å²) in [5.41, 5.74) is 5.32. The minimum Gasteiger partial charge on any atom is -0.496 e. The van der Waals surface area contributed by atoms with Crippen molar-refractivity contribution in [3.63, 3.8) is 0 Å². The van der Waals surface area contributed by atoms with Crippen LogP contribution in [0.5, 0.6) is 11.5 Å². The van der Waals surface area contributed by atoms with Gasteiger partial charge in [0.05, 0.1) is 19.8 Å². The topological polar surface area (TPSA) is 18.5 Å². The smallest absolute Gasteiger partial charge is 0.496 e. The summed E-state index contributed by atoms with van der Waals surface area (Å²) in [5.74, 6) is 3.26. The highest BCUT2D eigenvalue weighted by Gasteiger charge is 2.33. The molecular weight excluding hydrogens is 462 g/mol. The molecule has 2 nitrogen and oxygen atoms in total. The zero-order chi connectivity index (χ0) is 24.7. The Kier molecular flexibility index (Phi) is 9.70. The van der Waals surface area contributed by atoms with Crippen LogP contribution in [0.25, 0.3) is 11.1 Å². The van der Waals surface area contributed by atoms with Gasteiger partial charge < -0.3 is 26.7 Å². The van der Waals surface area contributed by atoms with Crippen molar-refractivity contribution in [2.45, 2.75) is 76.0 Å². The van der Waals surface area contributed by atoms with Crippen LogP contribution in [0, 0.1) is 0 Å². The average molecular weight is 497 g/mol. The minimum absolute atomic E-state index is 0.600. The standard InChI is InChI=1S/C26H35O2P.BF4/c1-27-24-21(18-12-6-3-7-13-18)22(19-14-8-4-9-15-19)26(29)25(28-2)23(24)20-16-10-5-11-17-20;2-1(3,4)5/h5,10-11,16-19H,3-4,6-9,12-15,29H2,1-2H3;/q;-1. The van der Waals surface area contributed by atoms with Gasteiger partial charge in [-0.1, -0.05) is 68.9 Å². The van der Waals surface area contributed by atoms with Gasteiger partial charge in [-0.05, 0) is 48.6 Å². The second kappa shape index (κ2) is 12.3. The largest absolute Gasteiger partial charge is 0.673 e. The lowest BCUT2D eigenvalue weighted by Crippen LogP contribution is -2.21. The average Bonchev–Trinajstić information content (AvgIpc) is 2.83. The summed E-state index contributed by atoms with van der Waals surface area (Å²) in [6, 6.07) is 10.6. The number of halogens is 4. The van der Waals surface area contributed by atoms with Crippen LogP contribution in [0.1, 0.15) is 87.2 Å². The van der Waals surface area contributed by atoms with Crippen molar-refractivity contribution in [1.82, 2.24) is 0 Å². The van der Waals surface area contributed by atoms with Crippen molar-refractivity contribution in [2.75, 3.05) is 14.2 Å². The third kappa shape index (κ3) is 6.68. The molecule has 34 heavy (non-hydrogen) atoms. The van der Waals surface area contributed by atoms with Crippen LogP contribution < -0.4 is 14.8 Å². The first-order valence-electron chi connectivity index (χ1n) is 12.3. The van der Waals surface area contributed by atoms with Gasteiger partial charge in [0, 0.05) is 10.9 Å². The molecule has 0 N–H and O–H groups in total. The molecule has 2 aliphatic rings. The number of methoxy groups -OCH3 is 2. The highest BCUT2D eigenvalue weighted by molar-refractivity contribution is 7.28. The van der Waals surface area contributed by atoms with Crippen LogP contribution in [-0.2, 0) is 0 Å². The third-order valence-corrected chi connectivity index (χ3v) is 7.59. The first-order chi connectivity index (χ1) is 16.3. The summed E-state index contributed by atoms with van der Waals surface area (Å²) >= 11 is 0. The zero-order valence-corrected chi connectivity index (χ0v) is 21.3. The van der Waals surface area contributed by atoms with E-state index in [0.29, 0.717) is 11.8 Å². The van der Waals surface area contributed by atoms with Gasteiger partial charge in [0.2, 0.25) is 0 Å². The molecule has 0 saturated heterocycles. The third-order valence-electron chi connectivity index (χ3n) is 7.02. The maximum atomic E-state index is 9.75. The maximum Gasteiger partial charge on any atom is 0.673 e. The lowest BCUT2D eigenvalue weighted by molar-refractivity contribution is 0.368. The molecule has 8 heteroatoms. The quantitative estimate of drug-likeness (QED) is 0.235. The molecule has 2 aromatic rings. The molecular formula is C26H35BF4O2P-. The second-order valence-electron chi connectivity index (χ2n) is 9.21. The fraction of sp³-hybridized carbons (Fsp3) is 0.538. The van der Waals surface area contributed by atoms with Gasteiger partial charge in [0.15, 0.2) is 0 Å². The predicted octanol–water partition coefficient (Wildman–Crippen LogP) is 8.27. The van der Waals surface area contributed by atoms with Gasteiger partial charge in [-0.2, -0.15) is 0 Å². The lowest BCUT2D eigenvalue weighted by atomic mass is 9.74. The van der Waals surface area contributed by atoms with Gasteiger partial charge in [-0.3, -0.25) is 0 Å². The Morgan fingerprint density at radius 2 is 1.15 bits per heavy atom. The molecule has 188 valence electrons. The summed E-state index contributed by atoms with van der Waals surface area (Å²) in [6.07, 6.45) is 13.2. The Labute approximate surface area is 203 Å². The molecule has 0 aromatic heterocycles. The fourth-order valence-corrected chi connectivity index (χ4v) is 6.33. The predicted molar refractivity (Wildman–Crippen MR) is 136 cm³/mol. The maximum absolute atomic E-state index is 9.75. The SMILES string of the molecule is COc1c(P)c(C2CCCCC2)c(C2CCCCC2)c(OC)c1-c1ccccc1.F[B-](F)(F)F. The number of hydrogen-bond acceptors (Lipinski definition) is 2. The van der Waals surface area contributed by atoms with E-state index in [4.69, 9.17) is 9.47 Å². The van der Waals surface area contributed by atoms with Gasteiger partial charge >= 0.3 is 7.25 Å². The molecule has 0 bridgehead atoms. The number of rotatable bonds is 5. The van der Waals surface area contributed by atoms with E-state index < -0.39 is 7.25 Å².